The summed E-state index contributed by atoms with van der Waals surface area (Å²) in [6.07, 6.45) is 0.654. The normalized spacial score (nSPS) is 11.0. The Bertz CT molecular complexity index is 859. The smallest absolute Gasteiger partial charge is 0.275 e. The van der Waals surface area contributed by atoms with E-state index in [0.29, 0.717) is 29.0 Å². The van der Waals surface area contributed by atoms with Crippen molar-refractivity contribution in [3.8, 4) is 5.19 Å². The Morgan fingerprint density at radius 2 is 2.12 bits per heavy atom. The minimum atomic E-state index is 0.136. The molecule has 0 aliphatic heterocycles. The van der Waals surface area contributed by atoms with E-state index in [1.807, 2.05) is 18.2 Å². The highest BCUT2D eigenvalue weighted by Crippen LogP contribution is 2.34. The molecule has 1 aromatic carbocycles. The number of methoxy groups -OCH3 is 1. The van der Waals surface area contributed by atoms with Crippen LogP contribution in [-0.2, 0) is 5.75 Å². The van der Waals surface area contributed by atoms with Crippen molar-refractivity contribution in [3.63, 3.8) is 0 Å². The molecule has 0 radical (unpaired) electrons. The van der Waals surface area contributed by atoms with E-state index in [1.54, 1.807) is 18.9 Å². The van der Waals surface area contributed by atoms with Crippen LogP contribution < -0.4 is 10.1 Å². The number of aliphatic hydroxyl groups excluding tert-OH is 1. The molecule has 3 rings (SSSR count). The molecule has 0 fully saturated rings. The second-order valence-electron chi connectivity index (χ2n) is 5.08. The van der Waals surface area contributed by atoms with Gasteiger partial charge >= 0.3 is 0 Å². The molecule has 3 aromatic rings. The summed E-state index contributed by atoms with van der Waals surface area (Å²) in [6.45, 7) is 0.772. The topological polar surface area (TPSA) is 80.2 Å². The maximum atomic E-state index is 8.98. The van der Waals surface area contributed by atoms with Crippen molar-refractivity contribution in [1.82, 2.24) is 15.0 Å². The lowest BCUT2D eigenvalue weighted by Crippen LogP contribution is -2.06. The van der Waals surface area contributed by atoms with Crippen LogP contribution in [0.15, 0.2) is 33.9 Å². The summed E-state index contributed by atoms with van der Waals surface area (Å²) in [6, 6.07) is 8.10. The van der Waals surface area contributed by atoms with E-state index in [2.05, 4.69) is 42.3 Å². The van der Waals surface area contributed by atoms with Crippen LogP contribution in [-0.4, -0.2) is 40.3 Å². The lowest BCUT2D eigenvalue weighted by Gasteiger charge is -2.08. The highest BCUT2D eigenvalue weighted by Gasteiger charge is 2.14. The summed E-state index contributed by atoms with van der Waals surface area (Å²) in [5.74, 6) is 1.48. The van der Waals surface area contributed by atoms with Gasteiger partial charge in [-0.3, -0.25) is 0 Å². The average Bonchev–Trinajstić information content (AvgIpc) is 3.04. The van der Waals surface area contributed by atoms with Crippen LogP contribution in [0, 0.1) is 0 Å². The van der Waals surface area contributed by atoms with Gasteiger partial charge in [0.2, 0.25) is 0 Å². The van der Waals surface area contributed by atoms with Gasteiger partial charge in [-0.1, -0.05) is 57.2 Å². The molecule has 0 saturated heterocycles. The number of nitrogens with zero attached hydrogens (tertiary/aromatic N) is 3. The second kappa shape index (κ2) is 8.79. The number of halogens is 1. The quantitative estimate of drug-likeness (QED) is 0.311. The molecule has 0 spiro atoms. The third-order valence-corrected chi connectivity index (χ3v) is 6.01. The first-order valence-electron chi connectivity index (χ1n) is 7.64. The molecule has 9 heteroatoms. The lowest BCUT2D eigenvalue weighted by atomic mass is 10.2. The number of aromatic nitrogens is 3. The monoisotopic (exact) mass is 440 g/mol. The molecular weight excluding hydrogens is 424 g/mol. The summed E-state index contributed by atoms with van der Waals surface area (Å²) < 4.78 is 7.15. The first-order valence-corrected chi connectivity index (χ1v) is 10.2. The summed E-state index contributed by atoms with van der Waals surface area (Å²) >= 11 is 6.52. The van der Waals surface area contributed by atoms with Crippen molar-refractivity contribution in [1.29, 1.82) is 0 Å². The second-order valence-corrected chi connectivity index (χ2v) is 7.83. The van der Waals surface area contributed by atoms with Gasteiger partial charge in [0, 0.05) is 23.4 Å². The number of ether oxygens (including phenoxy) is 1. The summed E-state index contributed by atoms with van der Waals surface area (Å²) in [5.41, 5.74) is 1.81. The Morgan fingerprint density at radius 3 is 2.88 bits per heavy atom. The van der Waals surface area contributed by atoms with Gasteiger partial charge in [0.05, 0.1) is 7.11 Å². The fourth-order valence-corrected chi connectivity index (χ4v) is 4.34. The van der Waals surface area contributed by atoms with Crippen molar-refractivity contribution in [2.45, 2.75) is 17.3 Å². The van der Waals surface area contributed by atoms with Gasteiger partial charge in [0.15, 0.2) is 16.6 Å². The summed E-state index contributed by atoms with van der Waals surface area (Å²) in [5, 5.41) is 13.4. The van der Waals surface area contributed by atoms with E-state index in [4.69, 9.17) is 9.84 Å². The minimum absolute atomic E-state index is 0.136. The van der Waals surface area contributed by atoms with Gasteiger partial charge in [-0.15, -0.1) is 0 Å². The molecule has 2 heterocycles. The van der Waals surface area contributed by atoms with Crippen LogP contribution in [0.25, 0.3) is 10.3 Å². The van der Waals surface area contributed by atoms with E-state index in [0.717, 1.165) is 20.7 Å². The van der Waals surface area contributed by atoms with Crippen molar-refractivity contribution in [2.24, 2.45) is 0 Å². The number of hydrogen-bond acceptors (Lipinski definition) is 8. The SMILES string of the molecule is COc1nc2nc(SCc3ccccc3Br)nc(NCCCO)c2s1. The third-order valence-electron chi connectivity index (χ3n) is 3.33. The van der Waals surface area contributed by atoms with Crippen LogP contribution in [0.3, 0.4) is 0 Å². The van der Waals surface area contributed by atoms with Crippen molar-refractivity contribution < 1.29 is 9.84 Å². The Hall–Kier alpha value is -1.42. The van der Waals surface area contributed by atoms with Crippen molar-refractivity contribution >= 4 is 55.2 Å². The molecule has 0 bridgehead atoms. The number of nitrogens with one attached hydrogen (secondary N) is 1. The fourth-order valence-electron chi connectivity index (χ4n) is 2.10. The zero-order valence-corrected chi connectivity index (χ0v) is 16.7. The molecule has 132 valence electrons. The van der Waals surface area contributed by atoms with Crippen molar-refractivity contribution in [2.75, 3.05) is 25.6 Å². The van der Waals surface area contributed by atoms with E-state index >= 15 is 0 Å². The van der Waals surface area contributed by atoms with Crippen LogP contribution in [0.2, 0.25) is 0 Å². The molecule has 0 saturated carbocycles. The van der Waals surface area contributed by atoms with Gasteiger partial charge in [0.1, 0.15) is 4.70 Å². The molecule has 0 aliphatic carbocycles. The van der Waals surface area contributed by atoms with Gasteiger partial charge in [-0.05, 0) is 18.1 Å². The van der Waals surface area contributed by atoms with Crippen LogP contribution in [0.4, 0.5) is 5.82 Å². The van der Waals surface area contributed by atoms with Crippen LogP contribution in [0.5, 0.6) is 5.19 Å². The maximum absolute atomic E-state index is 8.98. The highest BCUT2D eigenvalue weighted by molar-refractivity contribution is 9.10. The maximum Gasteiger partial charge on any atom is 0.275 e. The third kappa shape index (κ3) is 4.60. The molecule has 0 aliphatic rings. The van der Waals surface area contributed by atoms with Gasteiger partial charge < -0.3 is 15.2 Å². The Morgan fingerprint density at radius 1 is 1.28 bits per heavy atom. The fraction of sp³-hybridized carbons (Fsp3) is 0.312. The van der Waals surface area contributed by atoms with E-state index < -0.39 is 0 Å². The minimum Gasteiger partial charge on any atom is -0.473 e. The Balaban J connectivity index is 1.85. The summed E-state index contributed by atoms with van der Waals surface area (Å²) in [7, 11) is 1.59. The largest absolute Gasteiger partial charge is 0.473 e. The molecule has 0 unspecified atom stereocenters. The number of benzene rings is 1. The zero-order chi connectivity index (χ0) is 17.6. The number of anilines is 1. The first-order chi connectivity index (χ1) is 12.2. The average molecular weight is 441 g/mol. The van der Waals surface area contributed by atoms with Crippen LogP contribution >= 0.6 is 39.0 Å². The Kier molecular flexibility index (Phi) is 6.46. The standard InChI is InChI=1S/C16H17BrN4O2S2/c1-23-16-21-14-12(25-16)13(18-7-4-8-22)19-15(20-14)24-9-10-5-2-3-6-11(10)17/h2-3,5-6,22H,4,7-9H2,1H3,(H,18,19,20). The van der Waals surface area contributed by atoms with Gasteiger partial charge in [0.25, 0.3) is 5.19 Å². The number of fused-ring (bicyclic) bond motifs is 1. The van der Waals surface area contributed by atoms with E-state index in [1.165, 1.54) is 16.9 Å². The van der Waals surface area contributed by atoms with Gasteiger partial charge in [-0.25, -0.2) is 9.97 Å². The molecule has 6 nitrogen and oxygen atoms in total. The molecule has 0 atom stereocenters. The predicted octanol–water partition coefficient (Wildman–Crippen LogP) is 3.94. The molecule has 25 heavy (non-hydrogen) atoms. The lowest BCUT2D eigenvalue weighted by molar-refractivity contribution is 0.292. The van der Waals surface area contributed by atoms with Crippen LogP contribution in [0.1, 0.15) is 12.0 Å². The van der Waals surface area contributed by atoms with E-state index in [-0.39, 0.29) is 6.61 Å². The molecule has 2 N–H and O–H groups in total. The first kappa shape index (κ1) is 18.4. The zero-order valence-electron chi connectivity index (χ0n) is 13.5. The van der Waals surface area contributed by atoms with E-state index in [9.17, 15) is 0 Å². The number of aliphatic hydroxyl groups is 1. The Labute approximate surface area is 162 Å². The number of rotatable bonds is 8. The molecular formula is C16H17BrN4O2S2. The van der Waals surface area contributed by atoms with Crippen molar-refractivity contribution in [3.05, 3.63) is 34.3 Å². The number of thiazole rings is 1. The van der Waals surface area contributed by atoms with Gasteiger partial charge in [-0.2, -0.15) is 4.98 Å². The number of thioether (sulfide) groups is 1. The summed E-state index contributed by atoms with van der Waals surface area (Å²) in [4.78, 5) is 13.6. The highest BCUT2D eigenvalue weighted by atomic mass is 79.9. The molecule has 2 aromatic heterocycles. The number of hydrogen-bond donors (Lipinski definition) is 2. The predicted molar refractivity (Wildman–Crippen MR) is 106 cm³/mol. The molecule has 0 amide bonds.